The van der Waals surface area contributed by atoms with E-state index in [2.05, 4.69) is 5.32 Å². The van der Waals surface area contributed by atoms with Crippen LogP contribution in [0.5, 0.6) is 5.75 Å². The van der Waals surface area contributed by atoms with Gasteiger partial charge in [-0.2, -0.15) is 0 Å². The molecule has 2 aromatic carbocycles. The first-order valence-corrected chi connectivity index (χ1v) is 9.40. The van der Waals surface area contributed by atoms with Crippen molar-refractivity contribution in [2.24, 2.45) is 0 Å². The van der Waals surface area contributed by atoms with Crippen LogP contribution < -0.4 is 10.1 Å². The van der Waals surface area contributed by atoms with E-state index < -0.39 is 5.91 Å². The molecule has 0 fully saturated rings. The van der Waals surface area contributed by atoms with Crippen LogP contribution in [0.15, 0.2) is 30.3 Å². The van der Waals surface area contributed by atoms with Crippen LogP contribution in [0.3, 0.4) is 0 Å². The molecule has 3 amide bonds. The molecule has 0 saturated carbocycles. The van der Waals surface area contributed by atoms with Crippen molar-refractivity contribution in [1.29, 1.82) is 0 Å². The van der Waals surface area contributed by atoms with Crippen molar-refractivity contribution < 1.29 is 19.1 Å². The highest BCUT2D eigenvalue weighted by Crippen LogP contribution is 2.31. The molecule has 28 heavy (non-hydrogen) atoms. The number of rotatable bonds is 6. The Labute approximate surface area is 168 Å². The Hall–Kier alpha value is -2.86. The summed E-state index contributed by atoms with van der Waals surface area (Å²) in [6.45, 7) is 4.20. The third-order valence-electron chi connectivity index (χ3n) is 4.70. The highest BCUT2D eigenvalue weighted by atomic mass is 35.5. The van der Waals surface area contributed by atoms with Crippen molar-refractivity contribution >= 4 is 35.0 Å². The fourth-order valence-electron chi connectivity index (χ4n) is 3.08. The van der Waals surface area contributed by atoms with E-state index in [-0.39, 0.29) is 22.9 Å². The Balaban J connectivity index is 1.86. The Morgan fingerprint density at radius 2 is 1.86 bits per heavy atom. The molecule has 0 radical (unpaired) electrons. The number of carbonyl (C=O) groups excluding carboxylic acids is 3. The minimum absolute atomic E-state index is 0.257. The maximum atomic E-state index is 12.7. The number of unbranched alkanes of at least 4 members (excludes halogenated alkanes) is 1. The van der Waals surface area contributed by atoms with Crippen LogP contribution in [-0.4, -0.2) is 36.3 Å². The summed E-state index contributed by atoms with van der Waals surface area (Å²) < 4.78 is 5.27. The Bertz CT molecular complexity index is 971. The molecule has 1 aliphatic heterocycles. The van der Waals surface area contributed by atoms with E-state index in [4.69, 9.17) is 16.3 Å². The van der Waals surface area contributed by atoms with Crippen molar-refractivity contribution in [3.63, 3.8) is 0 Å². The van der Waals surface area contributed by atoms with Gasteiger partial charge < -0.3 is 10.1 Å². The number of imide groups is 1. The van der Waals surface area contributed by atoms with Crippen LogP contribution >= 0.6 is 11.6 Å². The van der Waals surface area contributed by atoms with Crippen LogP contribution in [0.25, 0.3) is 0 Å². The number of methoxy groups -OCH3 is 1. The second kappa shape index (κ2) is 8.02. The van der Waals surface area contributed by atoms with Gasteiger partial charge >= 0.3 is 0 Å². The molecule has 6 nitrogen and oxygen atoms in total. The second-order valence-electron chi connectivity index (χ2n) is 6.63. The molecular weight excluding hydrogens is 380 g/mol. The smallest absolute Gasteiger partial charge is 0.261 e. The predicted molar refractivity (Wildman–Crippen MR) is 107 cm³/mol. The molecule has 0 saturated heterocycles. The Morgan fingerprint density at radius 1 is 1.14 bits per heavy atom. The van der Waals surface area contributed by atoms with Gasteiger partial charge in [-0.3, -0.25) is 19.3 Å². The third kappa shape index (κ3) is 3.60. The van der Waals surface area contributed by atoms with Crippen LogP contribution in [-0.2, 0) is 0 Å². The van der Waals surface area contributed by atoms with Gasteiger partial charge in [0.15, 0.2) is 0 Å². The second-order valence-corrected chi connectivity index (χ2v) is 7.04. The van der Waals surface area contributed by atoms with Gasteiger partial charge in [0.05, 0.1) is 23.9 Å². The molecule has 0 aromatic heterocycles. The highest BCUT2D eigenvalue weighted by molar-refractivity contribution is 6.31. The molecule has 146 valence electrons. The number of anilines is 1. The lowest BCUT2D eigenvalue weighted by molar-refractivity contribution is 0.0652. The largest absolute Gasteiger partial charge is 0.495 e. The molecule has 1 aliphatic rings. The Morgan fingerprint density at radius 3 is 2.54 bits per heavy atom. The fourth-order valence-corrected chi connectivity index (χ4v) is 3.23. The van der Waals surface area contributed by atoms with Gasteiger partial charge in [0.25, 0.3) is 17.7 Å². The van der Waals surface area contributed by atoms with Crippen LogP contribution in [0, 0.1) is 6.92 Å². The maximum Gasteiger partial charge on any atom is 0.261 e. The predicted octanol–water partition coefficient (Wildman–Crippen LogP) is 4.31. The van der Waals surface area contributed by atoms with E-state index in [1.54, 1.807) is 12.1 Å². The lowest BCUT2D eigenvalue weighted by Gasteiger charge is -2.12. The summed E-state index contributed by atoms with van der Waals surface area (Å²) in [5.74, 6) is -0.643. The number of benzene rings is 2. The minimum Gasteiger partial charge on any atom is -0.495 e. The number of ether oxygens (including phenoxy) is 1. The summed E-state index contributed by atoms with van der Waals surface area (Å²) in [5, 5.41) is 3.31. The van der Waals surface area contributed by atoms with E-state index in [9.17, 15) is 14.4 Å². The molecule has 2 aromatic rings. The van der Waals surface area contributed by atoms with Crippen LogP contribution in [0.4, 0.5) is 5.69 Å². The number of nitrogens with zero attached hydrogens (tertiary/aromatic N) is 1. The van der Waals surface area contributed by atoms with Crippen molar-refractivity contribution in [1.82, 2.24) is 4.90 Å². The number of amides is 3. The van der Waals surface area contributed by atoms with Crippen LogP contribution in [0.2, 0.25) is 5.02 Å². The topological polar surface area (TPSA) is 75.7 Å². The summed E-state index contributed by atoms with van der Waals surface area (Å²) in [4.78, 5) is 38.9. The van der Waals surface area contributed by atoms with E-state index in [1.807, 2.05) is 13.8 Å². The van der Waals surface area contributed by atoms with E-state index in [0.717, 1.165) is 18.4 Å². The first-order valence-electron chi connectivity index (χ1n) is 9.03. The number of aryl methyl sites for hydroxylation is 1. The zero-order valence-electron chi connectivity index (χ0n) is 16.0. The molecule has 3 rings (SSSR count). The average molecular weight is 401 g/mol. The monoisotopic (exact) mass is 400 g/mol. The van der Waals surface area contributed by atoms with Gasteiger partial charge in [-0.1, -0.05) is 24.9 Å². The van der Waals surface area contributed by atoms with Crippen molar-refractivity contribution in [3.8, 4) is 5.75 Å². The molecule has 1 heterocycles. The van der Waals surface area contributed by atoms with Gasteiger partial charge in [0.1, 0.15) is 5.75 Å². The van der Waals surface area contributed by atoms with Crippen molar-refractivity contribution in [2.75, 3.05) is 19.0 Å². The number of halogens is 1. The number of nitrogens with one attached hydrogen (secondary N) is 1. The molecule has 0 spiro atoms. The van der Waals surface area contributed by atoms with Gasteiger partial charge in [-0.25, -0.2) is 0 Å². The van der Waals surface area contributed by atoms with Gasteiger partial charge in [-0.05, 0) is 43.2 Å². The maximum absolute atomic E-state index is 12.7. The summed E-state index contributed by atoms with van der Waals surface area (Å²) in [7, 11) is 1.49. The lowest BCUT2D eigenvalue weighted by Crippen LogP contribution is -2.30. The minimum atomic E-state index is -0.407. The number of carbonyl (C=O) groups is 3. The highest BCUT2D eigenvalue weighted by Gasteiger charge is 2.35. The van der Waals surface area contributed by atoms with E-state index in [0.29, 0.717) is 28.6 Å². The molecule has 7 heteroatoms. The summed E-state index contributed by atoms with van der Waals surface area (Å²) in [6.07, 6.45) is 1.62. The molecule has 1 N–H and O–H groups in total. The summed E-state index contributed by atoms with van der Waals surface area (Å²) in [5.41, 5.74) is 2.14. The third-order valence-corrected chi connectivity index (χ3v) is 5.10. The zero-order valence-corrected chi connectivity index (χ0v) is 16.7. The number of fused-ring (bicyclic) bond motifs is 1. The molecule has 0 bridgehead atoms. The quantitative estimate of drug-likeness (QED) is 0.733. The number of hydrogen-bond donors (Lipinski definition) is 1. The SMILES string of the molecule is CCCCN1C(=O)c2ccc(C(=O)Nc3cc(C)c(Cl)cc3OC)cc2C1=O. The van der Waals surface area contributed by atoms with E-state index >= 15 is 0 Å². The average Bonchev–Trinajstić information content (AvgIpc) is 2.92. The molecule has 0 unspecified atom stereocenters. The van der Waals surface area contributed by atoms with Gasteiger partial charge in [0, 0.05) is 23.2 Å². The standard InChI is InChI=1S/C21H21ClN2O4/c1-4-5-8-24-20(26)14-7-6-13(10-15(14)21(24)27)19(25)23-17-9-12(2)16(22)11-18(17)28-3/h6-7,9-11H,4-5,8H2,1-3H3,(H,23,25). The first-order chi connectivity index (χ1) is 13.4. The van der Waals surface area contributed by atoms with Crippen molar-refractivity contribution in [3.05, 3.63) is 57.6 Å². The fraction of sp³-hybridized carbons (Fsp3) is 0.286. The lowest BCUT2D eigenvalue weighted by atomic mass is 10.1. The normalized spacial score (nSPS) is 12.9. The first kappa shape index (κ1) is 19.9. The van der Waals surface area contributed by atoms with Crippen LogP contribution in [0.1, 0.15) is 56.4 Å². The van der Waals surface area contributed by atoms with E-state index in [1.165, 1.54) is 30.2 Å². The molecule has 0 aliphatic carbocycles. The molecule has 0 atom stereocenters. The van der Waals surface area contributed by atoms with Gasteiger partial charge in [-0.15, -0.1) is 0 Å². The Kier molecular flexibility index (Phi) is 5.70. The zero-order chi connectivity index (χ0) is 20.4. The summed E-state index contributed by atoms with van der Waals surface area (Å²) in [6, 6.07) is 7.88. The summed E-state index contributed by atoms with van der Waals surface area (Å²) >= 11 is 6.09. The number of hydrogen-bond acceptors (Lipinski definition) is 4. The van der Waals surface area contributed by atoms with Crippen molar-refractivity contribution in [2.45, 2.75) is 26.7 Å². The molecular formula is C21H21ClN2O4. The van der Waals surface area contributed by atoms with Gasteiger partial charge in [0.2, 0.25) is 0 Å².